The molecule has 0 atom stereocenters. The van der Waals surface area contributed by atoms with Gasteiger partial charge in [-0.25, -0.2) is 4.99 Å². The summed E-state index contributed by atoms with van der Waals surface area (Å²) in [6.45, 7) is 2.05. The van der Waals surface area contributed by atoms with E-state index < -0.39 is 0 Å². The summed E-state index contributed by atoms with van der Waals surface area (Å²) in [7, 11) is 0. The van der Waals surface area contributed by atoms with Gasteiger partial charge in [-0.1, -0.05) is 18.3 Å². The van der Waals surface area contributed by atoms with Gasteiger partial charge in [0.05, 0.1) is 5.16 Å². The van der Waals surface area contributed by atoms with E-state index in [1.807, 2.05) is 12.1 Å². The summed E-state index contributed by atoms with van der Waals surface area (Å²) in [5.74, 6) is 0.954. The molecule has 6 heteroatoms. The van der Waals surface area contributed by atoms with Gasteiger partial charge in [0.25, 0.3) is 0 Å². The molecule has 0 spiro atoms. The quantitative estimate of drug-likeness (QED) is 0.478. The van der Waals surface area contributed by atoms with Crippen LogP contribution >= 0.6 is 35.3 Å². The molecular formula is C8H10N3S3+. The van der Waals surface area contributed by atoms with Crippen LogP contribution in [0, 0.1) is 0 Å². The van der Waals surface area contributed by atoms with E-state index in [1.165, 1.54) is 11.3 Å². The van der Waals surface area contributed by atoms with Crippen molar-refractivity contribution in [1.82, 2.24) is 0 Å². The average Bonchev–Trinajstić information content (AvgIpc) is 2.53. The van der Waals surface area contributed by atoms with Crippen molar-refractivity contribution in [2.75, 3.05) is 5.75 Å². The Kier molecular flexibility index (Phi) is 4.82. The van der Waals surface area contributed by atoms with Crippen LogP contribution in [-0.4, -0.2) is 16.1 Å². The van der Waals surface area contributed by atoms with Gasteiger partial charge < -0.3 is 0 Å². The van der Waals surface area contributed by atoms with E-state index in [9.17, 15) is 0 Å². The van der Waals surface area contributed by atoms with Crippen LogP contribution in [0.2, 0.25) is 0 Å². The number of nitrogens with zero attached hydrogens (tertiary/aromatic N) is 1. The first kappa shape index (κ1) is 11.4. The van der Waals surface area contributed by atoms with E-state index in [1.54, 1.807) is 11.8 Å². The molecule has 0 saturated heterocycles. The molecule has 1 aromatic rings. The first-order valence-corrected chi connectivity index (χ1v) is 6.17. The number of nitrogens with two attached hydrogens (primary N) is 1. The van der Waals surface area contributed by atoms with Gasteiger partial charge in [0.2, 0.25) is 0 Å². The zero-order valence-corrected chi connectivity index (χ0v) is 10.1. The molecule has 3 N–H and O–H groups in total. The molecule has 0 saturated carbocycles. The molecule has 0 aliphatic heterocycles. The van der Waals surface area contributed by atoms with Gasteiger partial charge >= 0.3 is 5.17 Å². The molecule has 0 fully saturated rings. The van der Waals surface area contributed by atoms with Gasteiger partial charge in [-0.3, -0.25) is 5.73 Å². The van der Waals surface area contributed by atoms with Gasteiger partial charge in [0.15, 0.2) is 5.00 Å². The molecular weight excluding hydrogens is 234 g/mol. The molecule has 0 amide bonds. The third-order valence-corrected chi connectivity index (χ3v) is 2.98. The molecule has 3 nitrogen and oxygen atoms in total. The van der Waals surface area contributed by atoms with Crippen molar-refractivity contribution in [2.45, 2.75) is 6.92 Å². The molecule has 0 radical (unpaired) electrons. The molecule has 0 bridgehead atoms. The van der Waals surface area contributed by atoms with Crippen LogP contribution in [0.5, 0.6) is 0 Å². The summed E-state index contributed by atoms with van der Waals surface area (Å²) in [4.78, 5) is 6.94. The lowest BCUT2D eigenvalue weighted by Gasteiger charge is -1.87. The summed E-state index contributed by atoms with van der Waals surface area (Å²) in [5, 5.41) is 4.82. The predicted octanol–water partition coefficient (Wildman–Crippen LogP) is 1.26. The van der Waals surface area contributed by atoms with E-state index >= 15 is 0 Å². The van der Waals surface area contributed by atoms with E-state index in [4.69, 9.17) is 5.73 Å². The first-order valence-electron chi connectivity index (χ1n) is 3.96. The number of hydrogen-bond acceptors (Lipinski definition) is 4. The Morgan fingerprint density at radius 1 is 1.79 bits per heavy atom. The van der Waals surface area contributed by atoms with Crippen LogP contribution in [-0.2, 0) is 0 Å². The number of rotatable bonds is 3. The lowest BCUT2D eigenvalue weighted by Crippen LogP contribution is -2.67. The van der Waals surface area contributed by atoms with Gasteiger partial charge in [0, 0.05) is 5.75 Å². The average molecular weight is 244 g/mol. The number of nitrogens with one attached hydrogen (secondary N) is 1. The largest absolute Gasteiger partial charge is 0.307 e. The molecule has 74 valence electrons. The fourth-order valence-corrected chi connectivity index (χ4v) is 2.28. The Morgan fingerprint density at radius 2 is 2.57 bits per heavy atom. The Balaban J connectivity index is 2.76. The van der Waals surface area contributed by atoms with E-state index in [-0.39, 0.29) is 0 Å². The second-order valence-electron chi connectivity index (χ2n) is 2.26. The van der Waals surface area contributed by atoms with E-state index in [0.29, 0.717) is 5.17 Å². The summed E-state index contributed by atoms with van der Waals surface area (Å²) < 4.78 is 0. The maximum absolute atomic E-state index is 5.71. The highest BCUT2D eigenvalue weighted by atomic mass is 32.2. The number of aliphatic imine (C=N–C) groups is 1. The van der Waals surface area contributed by atoms with Crippen LogP contribution in [0.15, 0.2) is 17.1 Å². The minimum absolute atomic E-state index is 0.701. The summed E-state index contributed by atoms with van der Waals surface area (Å²) in [5.41, 5.74) is 5.71. The summed E-state index contributed by atoms with van der Waals surface area (Å²) in [6.07, 6.45) is 0. The van der Waals surface area contributed by atoms with Gasteiger partial charge in [0.1, 0.15) is 5.00 Å². The van der Waals surface area contributed by atoms with Gasteiger partial charge in [-0.2, -0.15) is 4.99 Å². The Hall–Kier alpha value is -0.680. The highest BCUT2D eigenvalue weighted by molar-refractivity contribution is 8.13. The normalized spacial score (nSPS) is 11.1. The number of amidine groups is 1. The Labute approximate surface area is 96.1 Å². The number of thiocarbonyl (C=S) groups is 1. The second kappa shape index (κ2) is 5.93. The monoisotopic (exact) mass is 244 g/mol. The molecule has 1 heterocycles. The maximum atomic E-state index is 5.71. The number of isothiocyanates is 1. The van der Waals surface area contributed by atoms with Crippen molar-refractivity contribution in [3.05, 3.63) is 12.1 Å². The minimum Gasteiger partial charge on any atom is -0.281 e. The number of thioether (sulfide) groups is 1. The molecule has 1 aromatic heterocycles. The number of thiophene rings is 1. The maximum Gasteiger partial charge on any atom is 0.307 e. The third-order valence-electron chi connectivity index (χ3n) is 1.29. The van der Waals surface area contributed by atoms with Crippen LogP contribution in [0.1, 0.15) is 6.92 Å². The topological polar surface area (TPSA) is 52.4 Å². The molecule has 0 aliphatic rings. The summed E-state index contributed by atoms with van der Waals surface area (Å²) in [6, 6.07) is 3.79. The van der Waals surface area contributed by atoms with E-state index in [0.717, 1.165) is 15.8 Å². The van der Waals surface area contributed by atoms with Gasteiger partial charge in [-0.15, -0.1) is 0 Å². The predicted molar refractivity (Wildman–Crippen MR) is 67.0 cm³/mol. The van der Waals surface area contributed by atoms with Crippen molar-refractivity contribution in [2.24, 2.45) is 10.7 Å². The smallest absolute Gasteiger partial charge is 0.281 e. The van der Waals surface area contributed by atoms with Crippen LogP contribution in [0.4, 0.5) is 10.0 Å². The summed E-state index contributed by atoms with van der Waals surface area (Å²) >= 11 is 7.57. The van der Waals surface area contributed by atoms with Crippen LogP contribution in [0.25, 0.3) is 0 Å². The Morgan fingerprint density at radius 3 is 3.21 bits per heavy atom. The zero-order valence-electron chi connectivity index (χ0n) is 7.61. The van der Waals surface area contributed by atoms with Crippen molar-refractivity contribution >= 4 is 55.6 Å². The fraction of sp³-hybridized carbons (Fsp3) is 0.250. The minimum atomic E-state index is 0.701. The lowest BCUT2D eigenvalue weighted by atomic mass is 10.6. The van der Waals surface area contributed by atoms with Crippen LogP contribution in [0.3, 0.4) is 0 Å². The van der Waals surface area contributed by atoms with Crippen molar-refractivity contribution in [3.8, 4) is 0 Å². The third kappa shape index (κ3) is 3.59. The van der Waals surface area contributed by atoms with Crippen LogP contribution < -0.4 is 10.7 Å². The Bertz CT molecular complexity index is 377. The second-order valence-corrected chi connectivity index (χ2v) is 4.81. The highest BCUT2D eigenvalue weighted by Gasteiger charge is 2.02. The molecule has 0 unspecified atom stereocenters. The van der Waals surface area contributed by atoms with Crippen molar-refractivity contribution < 1.29 is 4.99 Å². The number of hydrogen-bond donors (Lipinski definition) is 2. The standard InChI is InChI=1S/C8H9N3S3/c1-2-13-8(9)11-7-4-3-6(14-7)10-5-12/h3-4H,2H2,1H3,(H2,9,11)/p+1. The van der Waals surface area contributed by atoms with Crippen molar-refractivity contribution in [3.63, 3.8) is 0 Å². The fourth-order valence-electron chi connectivity index (χ4n) is 0.813. The first-order chi connectivity index (χ1) is 6.76. The van der Waals surface area contributed by atoms with Crippen molar-refractivity contribution in [1.29, 1.82) is 0 Å². The zero-order chi connectivity index (χ0) is 10.4. The molecule has 0 aromatic carbocycles. The molecule has 14 heavy (non-hydrogen) atoms. The lowest BCUT2D eigenvalue weighted by molar-refractivity contribution is -0.345. The SMILES string of the molecule is CCSC(N)=[NH+]c1ccc(N=C=S)s1. The highest BCUT2D eigenvalue weighted by Crippen LogP contribution is 2.24. The molecule has 0 aliphatic carbocycles. The van der Waals surface area contributed by atoms with Gasteiger partial charge in [-0.05, 0) is 36.1 Å². The van der Waals surface area contributed by atoms with E-state index in [2.05, 4.69) is 34.3 Å². The molecule has 1 rings (SSSR count).